The summed E-state index contributed by atoms with van der Waals surface area (Å²) in [4.78, 5) is 24.8. The number of aromatic nitrogens is 1. The number of hydrogen-bond donors (Lipinski definition) is 1. The van der Waals surface area contributed by atoms with Gasteiger partial charge in [0.1, 0.15) is 5.69 Å². The molecule has 0 saturated heterocycles. The van der Waals surface area contributed by atoms with Crippen molar-refractivity contribution < 1.29 is 14.3 Å². The molecule has 1 aromatic rings. The van der Waals surface area contributed by atoms with E-state index in [2.05, 4.69) is 4.74 Å². The minimum Gasteiger partial charge on any atom is -0.469 e. The van der Waals surface area contributed by atoms with E-state index in [1.54, 1.807) is 19.3 Å². The fraction of sp³-hybridized carbons (Fsp3) is 0.538. The highest BCUT2D eigenvalue weighted by molar-refractivity contribution is 5.94. The van der Waals surface area contributed by atoms with Gasteiger partial charge in [0, 0.05) is 25.8 Å². The Morgan fingerprint density at radius 1 is 1.47 bits per heavy atom. The Morgan fingerprint density at radius 2 is 2.11 bits per heavy atom. The Hall–Kier alpha value is -1.98. The number of esters is 1. The summed E-state index contributed by atoms with van der Waals surface area (Å²) >= 11 is 0. The monoisotopic (exact) mass is 267 g/mol. The zero-order valence-corrected chi connectivity index (χ0v) is 11.8. The van der Waals surface area contributed by atoms with Crippen LogP contribution in [0.5, 0.6) is 0 Å². The Bertz CT molecular complexity index is 466. The van der Waals surface area contributed by atoms with Crippen molar-refractivity contribution in [3.05, 3.63) is 18.0 Å². The molecule has 19 heavy (non-hydrogen) atoms. The van der Waals surface area contributed by atoms with Crippen molar-refractivity contribution in [3.63, 3.8) is 0 Å². The molecule has 0 bridgehead atoms. The number of carbonyl (C=O) groups is 2. The molecule has 0 aliphatic carbocycles. The van der Waals surface area contributed by atoms with Gasteiger partial charge in [0.25, 0.3) is 5.91 Å². The minimum atomic E-state index is -0.335. The number of anilines is 1. The van der Waals surface area contributed by atoms with E-state index in [0.29, 0.717) is 17.9 Å². The van der Waals surface area contributed by atoms with Gasteiger partial charge in [-0.15, -0.1) is 0 Å². The molecule has 1 amide bonds. The third kappa shape index (κ3) is 3.74. The van der Waals surface area contributed by atoms with E-state index in [1.165, 1.54) is 12.0 Å². The molecule has 106 valence electrons. The molecule has 0 unspecified atom stereocenters. The lowest BCUT2D eigenvalue weighted by molar-refractivity contribution is -0.140. The first-order valence-electron chi connectivity index (χ1n) is 6.16. The average Bonchev–Trinajstić information content (AvgIpc) is 2.76. The summed E-state index contributed by atoms with van der Waals surface area (Å²) in [5.74, 6) is -0.493. The Kier molecular flexibility index (Phi) is 4.97. The minimum absolute atomic E-state index is 0.144. The molecule has 0 spiro atoms. The number of nitrogens with zero attached hydrogens (tertiary/aromatic N) is 2. The summed E-state index contributed by atoms with van der Waals surface area (Å²) in [6.07, 6.45) is 1.92. The van der Waals surface area contributed by atoms with Gasteiger partial charge in [-0.2, -0.15) is 0 Å². The molecule has 0 aliphatic rings. The smallest absolute Gasteiger partial charge is 0.307 e. The molecule has 6 nitrogen and oxygen atoms in total. The van der Waals surface area contributed by atoms with Crippen molar-refractivity contribution in [2.45, 2.75) is 26.3 Å². The number of hydrogen-bond acceptors (Lipinski definition) is 4. The van der Waals surface area contributed by atoms with E-state index in [1.807, 2.05) is 18.4 Å². The summed E-state index contributed by atoms with van der Waals surface area (Å²) in [5.41, 5.74) is 6.81. The average molecular weight is 267 g/mol. The molecule has 0 aliphatic heterocycles. The van der Waals surface area contributed by atoms with Gasteiger partial charge in [-0.05, 0) is 19.9 Å². The van der Waals surface area contributed by atoms with Crippen molar-refractivity contribution in [2.75, 3.05) is 26.4 Å². The molecule has 6 heteroatoms. The van der Waals surface area contributed by atoms with Gasteiger partial charge in [-0.25, -0.2) is 0 Å². The first-order valence-corrected chi connectivity index (χ1v) is 6.16. The van der Waals surface area contributed by atoms with Crippen molar-refractivity contribution in [1.82, 2.24) is 9.47 Å². The summed E-state index contributed by atoms with van der Waals surface area (Å²) in [6.45, 7) is 4.27. The van der Waals surface area contributed by atoms with Gasteiger partial charge < -0.3 is 19.9 Å². The molecule has 0 aromatic carbocycles. The molecule has 1 heterocycles. The second-order valence-corrected chi connectivity index (χ2v) is 4.71. The van der Waals surface area contributed by atoms with Crippen LogP contribution in [0.15, 0.2) is 12.3 Å². The van der Waals surface area contributed by atoms with Crippen LogP contribution in [0.3, 0.4) is 0 Å². The fourth-order valence-electron chi connectivity index (χ4n) is 1.76. The van der Waals surface area contributed by atoms with Gasteiger partial charge in [0.05, 0.1) is 19.2 Å². The number of amides is 1. The molecule has 0 fully saturated rings. The SMILES string of the molecule is COC(=O)CCN(C)C(=O)c1cc(N)cn1C(C)C. The van der Waals surface area contributed by atoms with E-state index >= 15 is 0 Å². The normalized spacial score (nSPS) is 10.6. The first-order chi connectivity index (χ1) is 8.86. The number of nitrogen functional groups attached to an aromatic ring is 1. The third-order valence-corrected chi connectivity index (χ3v) is 2.87. The topological polar surface area (TPSA) is 77.6 Å². The lowest BCUT2D eigenvalue weighted by Crippen LogP contribution is -2.31. The zero-order chi connectivity index (χ0) is 14.6. The zero-order valence-electron chi connectivity index (χ0n) is 11.8. The highest BCUT2D eigenvalue weighted by atomic mass is 16.5. The highest BCUT2D eigenvalue weighted by Gasteiger charge is 2.19. The van der Waals surface area contributed by atoms with Crippen molar-refractivity contribution in [3.8, 4) is 0 Å². The summed E-state index contributed by atoms with van der Waals surface area (Å²) < 4.78 is 6.38. The summed E-state index contributed by atoms with van der Waals surface area (Å²) in [7, 11) is 2.98. The molecule has 1 aromatic heterocycles. The standard InChI is InChI=1S/C13H21N3O3/c1-9(2)16-8-10(14)7-11(16)13(18)15(3)6-5-12(17)19-4/h7-9H,5-6,14H2,1-4H3. The van der Waals surface area contributed by atoms with E-state index in [-0.39, 0.29) is 24.3 Å². The van der Waals surface area contributed by atoms with Crippen LogP contribution < -0.4 is 5.73 Å². The van der Waals surface area contributed by atoms with Crippen LogP contribution in [0.1, 0.15) is 36.8 Å². The van der Waals surface area contributed by atoms with Gasteiger partial charge in [-0.3, -0.25) is 9.59 Å². The number of ether oxygens (including phenoxy) is 1. The molecular formula is C13H21N3O3. The first kappa shape index (κ1) is 15.1. The van der Waals surface area contributed by atoms with E-state index in [4.69, 9.17) is 5.73 Å². The van der Waals surface area contributed by atoms with Crippen LogP contribution in [0.25, 0.3) is 0 Å². The predicted octanol–water partition coefficient (Wildman–Crippen LogP) is 1.29. The molecule has 0 radical (unpaired) electrons. The number of nitrogens with two attached hydrogens (primary N) is 1. The van der Waals surface area contributed by atoms with Crippen LogP contribution in [0, 0.1) is 0 Å². The van der Waals surface area contributed by atoms with E-state index in [0.717, 1.165) is 0 Å². The number of carbonyl (C=O) groups excluding carboxylic acids is 2. The molecular weight excluding hydrogens is 246 g/mol. The van der Waals surface area contributed by atoms with Crippen LogP contribution >= 0.6 is 0 Å². The number of methoxy groups -OCH3 is 1. The molecule has 0 atom stereocenters. The second-order valence-electron chi connectivity index (χ2n) is 4.71. The van der Waals surface area contributed by atoms with Crippen LogP contribution in [-0.4, -0.2) is 42.0 Å². The Morgan fingerprint density at radius 3 is 2.63 bits per heavy atom. The summed E-state index contributed by atoms with van der Waals surface area (Å²) in [5, 5.41) is 0. The largest absolute Gasteiger partial charge is 0.469 e. The van der Waals surface area contributed by atoms with Crippen molar-refractivity contribution >= 4 is 17.6 Å². The van der Waals surface area contributed by atoms with Gasteiger partial charge >= 0.3 is 5.97 Å². The van der Waals surface area contributed by atoms with E-state index < -0.39 is 0 Å². The second kappa shape index (κ2) is 6.26. The molecule has 2 N–H and O–H groups in total. The van der Waals surface area contributed by atoms with Crippen LogP contribution in [-0.2, 0) is 9.53 Å². The Balaban J connectivity index is 2.79. The maximum atomic E-state index is 12.3. The molecule has 1 rings (SSSR count). The highest BCUT2D eigenvalue weighted by Crippen LogP contribution is 2.17. The molecule has 0 saturated carbocycles. The van der Waals surface area contributed by atoms with Crippen molar-refractivity contribution in [2.24, 2.45) is 0 Å². The van der Waals surface area contributed by atoms with Crippen LogP contribution in [0.4, 0.5) is 5.69 Å². The fourth-order valence-corrected chi connectivity index (χ4v) is 1.76. The lowest BCUT2D eigenvalue weighted by atomic mass is 10.3. The maximum Gasteiger partial charge on any atom is 0.307 e. The van der Waals surface area contributed by atoms with Crippen LogP contribution in [0.2, 0.25) is 0 Å². The predicted molar refractivity (Wildman–Crippen MR) is 72.8 cm³/mol. The maximum absolute atomic E-state index is 12.3. The number of rotatable bonds is 5. The third-order valence-electron chi connectivity index (χ3n) is 2.87. The van der Waals surface area contributed by atoms with Gasteiger partial charge in [-0.1, -0.05) is 0 Å². The van der Waals surface area contributed by atoms with E-state index in [9.17, 15) is 9.59 Å². The summed E-state index contributed by atoms with van der Waals surface area (Å²) in [6, 6.07) is 1.79. The lowest BCUT2D eigenvalue weighted by Gasteiger charge is -2.19. The van der Waals surface area contributed by atoms with Crippen molar-refractivity contribution in [1.29, 1.82) is 0 Å². The Labute approximate surface area is 113 Å². The van der Waals surface area contributed by atoms with Gasteiger partial charge in [0.15, 0.2) is 0 Å². The van der Waals surface area contributed by atoms with Gasteiger partial charge in [0.2, 0.25) is 0 Å². The quantitative estimate of drug-likeness (QED) is 0.815.